The van der Waals surface area contributed by atoms with Crippen LogP contribution in [0.25, 0.3) is 11.1 Å². The first kappa shape index (κ1) is 41.5. The minimum Gasteiger partial charge on any atom is -1.00 e. The molecule has 0 aliphatic heterocycles. The monoisotopic (exact) mass is 780 g/mol. The van der Waals surface area contributed by atoms with Crippen molar-refractivity contribution in [3.8, 4) is 34.4 Å². The molecule has 0 radical (unpaired) electrons. The number of unbranched alkanes of at least 4 members (excludes halogenated alkanes) is 14. The molecular weight excluding hydrogens is 724 g/mol. The van der Waals surface area contributed by atoms with Crippen molar-refractivity contribution in [1.29, 1.82) is 0 Å². The first-order chi connectivity index (χ1) is 22.8. The summed E-state index contributed by atoms with van der Waals surface area (Å²) < 4.78 is 17.1. The predicted octanol–water partition coefficient (Wildman–Crippen LogP) is 5.80. The molecule has 0 spiro atoms. The van der Waals surface area contributed by atoms with Gasteiger partial charge < -0.3 is 43.4 Å². The average molecular weight is 783 g/mol. The van der Waals surface area contributed by atoms with E-state index in [0.717, 1.165) is 47.5 Å². The Balaban J connectivity index is 0.00000400. The number of hydrogen-bond donors (Lipinski definition) is 0. The van der Waals surface area contributed by atoms with E-state index in [2.05, 4.69) is 108 Å². The van der Waals surface area contributed by atoms with E-state index in [1.807, 2.05) is 12.1 Å². The molecule has 0 unspecified atom stereocenters. The molecule has 262 valence electrons. The second-order valence-corrected chi connectivity index (χ2v) is 12.7. The normalized spacial score (nSPS) is 10.6. The molecule has 0 amide bonds. The molecule has 0 aliphatic carbocycles. The van der Waals surface area contributed by atoms with Crippen LogP contribution in [0.15, 0.2) is 97.3 Å². The number of aromatic nitrogens is 2. The molecule has 4 rings (SSSR count). The zero-order valence-electron chi connectivity index (χ0n) is 29.4. The highest BCUT2D eigenvalue weighted by molar-refractivity contribution is 5.65. The van der Waals surface area contributed by atoms with Crippen LogP contribution in [0.3, 0.4) is 0 Å². The summed E-state index contributed by atoms with van der Waals surface area (Å²) in [5, 5.41) is 0. The molecule has 0 bridgehead atoms. The van der Waals surface area contributed by atoms with Gasteiger partial charge >= 0.3 is 11.8 Å². The van der Waals surface area contributed by atoms with Gasteiger partial charge in [-0.3, -0.25) is 0 Å². The summed E-state index contributed by atoms with van der Waals surface area (Å²) >= 11 is 0. The second-order valence-electron chi connectivity index (χ2n) is 12.7. The standard InChI is InChI=1S/C42H58N2O2.2BrH/c1-3-5-7-9-11-13-15-19-33-43-35-21-17-23-41(43)45-39-29-25-37(26-30-39)38-27-31-40(32-28-38)46-42-24-18-22-36-44(42)34-20-16-14-12-10-8-6-4-2;;/h17-18,21-32,35-36H,3-16,19-20,33-34H2,1-2H3;2*1H/q+2;;/p-2. The molecule has 4 nitrogen and oxygen atoms in total. The molecule has 0 fully saturated rings. The minimum absolute atomic E-state index is 0. The third kappa shape index (κ3) is 15.2. The minimum atomic E-state index is 0. The average Bonchev–Trinajstić information content (AvgIpc) is 3.09. The van der Waals surface area contributed by atoms with E-state index in [0.29, 0.717) is 0 Å². The molecule has 0 saturated heterocycles. The Morgan fingerprint density at radius 3 is 1.08 bits per heavy atom. The fourth-order valence-electron chi connectivity index (χ4n) is 5.98. The molecule has 2 aromatic heterocycles. The Labute approximate surface area is 312 Å². The number of hydrogen-bond acceptors (Lipinski definition) is 2. The summed E-state index contributed by atoms with van der Waals surface area (Å²) in [5.74, 6) is 3.48. The topological polar surface area (TPSA) is 26.2 Å². The Kier molecular flexibility index (Phi) is 21.9. The fourth-order valence-corrected chi connectivity index (χ4v) is 5.98. The fraction of sp³-hybridized carbons (Fsp3) is 0.476. The second kappa shape index (κ2) is 25.3. The van der Waals surface area contributed by atoms with Crippen molar-refractivity contribution >= 4 is 0 Å². The molecule has 2 heterocycles. The maximum absolute atomic E-state index is 6.32. The van der Waals surface area contributed by atoms with E-state index < -0.39 is 0 Å². The summed E-state index contributed by atoms with van der Waals surface area (Å²) in [6, 6.07) is 29.2. The first-order valence-electron chi connectivity index (χ1n) is 18.3. The van der Waals surface area contributed by atoms with Gasteiger partial charge in [0.05, 0.1) is 12.1 Å². The van der Waals surface area contributed by atoms with Gasteiger partial charge in [0.15, 0.2) is 25.5 Å². The largest absolute Gasteiger partial charge is 1.00 e. The zero-order valence-corrected chi connectivity index (χ0v) is 32.6. The van der Waals surface area contributed by atoms with Gasteiger partial charge in [0.2, 0.25) is 0 Å². The third-order valence-corrected chi connectivity index (χ3v) is 8.79. The van der Waals surface area contributed by atoms with Crippen molar-refractivity contribution in [2.24, 2.45) is 0 Å². The van der Waals surface area contributed by atoms with E-state index in [-0.39, 0.29) is 34.0 Å². The Bertz CT molecular complexity index is 1270. The lowest BCUT2D eigenvalue weighted by Gasteiger charge is -2.09. The van der Waals surface area contributed by atoms with Crippen molar-refractivity contribution in [3.05, 3.63) is 97.3 Å². The molecule has 2 aromatic carbocycles. The molecule has 0 aliphatic rings. The van der Waals surface area contributed by atoms with Gasteiger partial charge in [-0.1, -0.05) is 115 Å². The number of halogens is 2. The zero-order chi connectivity index (χ0) is 32.1. The van der Waals surface area contributed by atoms with E-state index in [1.165, 1.54) is 103 Å². The number of benzene rings is 2. The van der Waals surface area contributed by atoms with Crippen LogP contribution in [-0.2, 0) is 13.1 Å². The van der Waals surface area contributed by atoms with Gasteiger partial charge in [0.25, 0.3) is 0 Å². The van der Waals surface area contributed by atoms with Crippen molar-refractivity contribution in [1.82, 2.24) is 0 Å². The lowest BCUT2D eigenvalue weighted by Crippen LogP contribution is -3.00. The predicted molar refractivity (Wildman–Crippen MR) is 191 cm³/mol. The van der Waals surface area contributed by atoms with E-state index in [4.69, 9.17) is 9.47 Å². The van der Waals surface area contributed by atoms with E-state index >= 15 is 0 Å². The van der Waals surface area contributed by atoms with Gasteiger partial charge in [-0.2, -0.15) is 9.13 Å². The Morgan fingerprint density at radius 2 is 0.729 bits per heavy atom. The van der Waals surface area contributed by atoms with Gasteiger partial charge in [-0.15, -0.1) is 0 Å². The van der Waals surface area contributed by atoms with E-state index in [9.17, 15) is 0 Å². The van der Waals surface area contributed by atoms with Crippen LogP contribution in [-0.4, -0.2) is 0 Å². The van der Waals surface area contributed by atoms with Crippen LogP contribution in [0.5, 0.6) is 23.3 Å². The van der Waals surface area contributed by atoms with Gasteiger partial charge in [-0.05, 0) is 60.4 Å². The number of rotatable bonds is 23. The van der Waals surface area contributed by atoms with Crippen LogP contribution < -0.4 is 52.6 Å². The van der Waals surface area contributed by atoms with Crippen LogP contribution in [0.4, 0.5) is 0 Å². The third-order valence-electron chi connectivity index (χ3n) is 8.79. The van der Waals surface area contributed by atoms with Gasteiger partial charge in [0.1, 0.15) is 11.5 Å². The molecule has 4 aromatic rings. The van der Waals surface area contributed by atoms with Crippen LogP contribution >= 0.6 is 0 Å². The number of aryl methyl sites for hydroxylation is 2. The Morgan fingerprint density at radius 1 is 0.396 bits per heavy atom. The summed E-state index contributed by atoms with van der Waals surface area (Å²) in [6.45, 7) is 6.52. The van der Waals surface area contributed by atoms with Gasteiger partial charge in [-0.25, -0.2) is 0 Å². The smallest absolute Gasteiger partial charge is 0.373 e. The quantitative estimate of drug-likeness (QED) is 0.0703. The molecule has 6 heteroatoms. The molecule has 0 N–H and O–H groups in total. The summed E-state index contributed by atoms with van der Waals surface area (Å²) in [6.07, 6.45) is 25.4. The maximum atomic E-state index is 6.32. The van der Waals surface area contributed by atoms with Crippen molar-refractivity contribution in [2.75, 3.05) is 0 Å². The molecule has 0 atom stereocenters. The van der Waals surface area contributed by atoms with Crippen LogP contribution in [0.2, 0.25) is 0 Å². The molecular formula is C42H58Br2N2O2. The maximum Gasteiger partial charge on any atom is 0.373 e. The Hall–Kier alpha value is -2.70. The highest BCUT2D eigenvalue weighted by atomic mass is 79.9. The summed E-state index contributed by atoms with van der Waals surface area (Å²) in [7, 11) is 0. The van der Waals surface area contributed by atoms with Crippen molar-refractivity contribution in [2.45, 2.75) is 130 Å². The van der Waals surface area contributed by atoms with Gasteiger partial charge in [0, 0.05) is 25.0 Å². The van der Waals surface area contributed by atoms with Crippen molar-refractivity contribution in [3.63, 3.8) is 0 Å². The molecule has 0 saturated carbocycles. The highest BCUT2D eigenvalue weighted by Crippen LogP contribution is 2.27. The SMILES string of the molecule is CCCCCCCCCC[n+]1ccccc1Oc1ccc(-c2ccc(Oc3cccc[n+]3CCCCCCCCCC)cc2)cc1.[Br-].[Br-]. The molecule has 48 heavy (non-hydrogen) atoms. The summed E-state index contributed by atoms with van der Waals surface area (Å²) in [5.41, 5.74) is 2.31. The summed E-state index contributed by atoms with van der Waals surface area (Å²) in [4.78, 5) is 0. The van der Waals surface area contributed by atoms with E-state index in [1.54, 1.807) is 0 Å². The van der Waals surface area contributed by atoms with Crippen molar-refractivity contribution < 1.29 is 52.6 Å². The lowest BCUT2D eigenvalue weighted by atomic mass is 10.1. The lowest BCUT2D eigenvalue weighted by molar-refractivity contribution is -0.701. The van der Waals surface area contributed by atoms with Crippen LogP contribution in [0.1, 0.15) is 117 Å². The number of ether oxygens (including phenoxy) is 2. The van der Waals surface area contributed by atoms with Crippen LogP contribution in [0, 0.1) is 0 Å². The number of nitrogens with zero attached hydrogens (tertiary/aromatic N) is 2. The number of pyridine rings is 2. The highest BCUT2D eigenvalue weighted by Gasteiger charge is 2.14. The first-order valence-corrected chi connectivity index (χ1v) is 18.3.